The van der Waals surface area contributed by atoms with Crippen molar-refractivity contribution in [2.45, 2.75) is 18.9 Å². The van der Waals surface area contributed by atoms with Crippen LogP contribution in [0, 0.1) is 5.92 Å². The highest BCUT2D eigenvalue weighted by Crippen LogP contribution is 2.16. The van der Waals surface area contributed by atoms with E-state index >= 15 is 0 Å². The number of hydrogen-bond acceptors (Lipinski definition) is 3. The molecule has 0 aromatic carbocycles. The number of nitrogens with zero attached hydrogens (tertiary/aromatic N) is 1. The third-order valence-electron chi connectivity index (χ3n) is 2.48. The molecule has 0 radical (unpaired) electrons. The van der Waals surface area contributed by atoms with Gasteiger partial charge in [0, 0.05) is 6.54 Å². The first-order valence-corrected chi connectivity index (χ1v) is 4.73. The van der Waals surface area contributed by atoms with Gasteiger partial charge >= 0.3 is 0 Å². The summed E-state index contributed by atoms with van der Waals surface area (Å²) in [4.78, 5) is 2.05. The van der Waals surface area contributed by atoms with Crippen molar-refractivity contribution in [1.82, 2.24) is 10.2 Å². The second kappa shape index (κ2) is 4.80. The first-order valence-electron chi connectivity index (χ1n) is 4.73. The highest BCUT2D eigenvalue weighted by molar-refractivity contribution is 4.76. The van der Waals surface area contributed by atoms with Gasteiger partial charge in [0.15, 0.2) is 0 Å². The maximum Gasteiger partial charge on any atom is 0.0695 e. The normalized spacial score (nSPS) is 23.0. The van der Waals surface area contributed by atoms with Gasteiger partial charge in [0.2, 0.25) is 0 Å². The van der Waals surface area contributed by atoms with Gasteiger partial charge in [-0.15, -0.1) is 0 Å². The van der Waals surface area contributed by atoms with Crippen molar-refractivity contribution < 1.29 is 5.11 Å². The van der Waals surface area contributed by atoms with Crippen molar-refractivity contribution in [2.24, 2.45) is 5.92 Å². The van der Waals surface area contributed by atoms with Gasteiger partial charge < -0.3 is 15.3 Å². The minimum atomic E-state index is -0.137. The van der Waals surface area contributed by atoms with E-state index in [0.29, 0.717) is 5.92 Å². The molecule has 0 spiro atoms. The van der Waals surface area contributed by atoms with Crippen LogP contribution in [0.1, 0.15) is 12.8 Å². The van der Waals surface area contributed by atoms with Crippen molar-refractivity contribution in [3.05, 3.63) is 0 Å². The van der Waals surface area contributed by atoms with E-state index in [1.807, 2.05) is 19.0 Å². The van der Waals surface area contributed by atoms with Crippen LogP contribution in [0.25, 0.3) is 0 Å². The molecule has 72 valence electrons. The van der Waals surface area contributed by atoms with Gasteiger partial charge in [0.25, 0.3) is 0 Å². The number of piperidine rings is 1. The fraction of sp³-hybridized carbons (Fsp3) is 1.00. The van der Waals surface area contributed by atoms with E-state index in [1.54, 1.807) is 0 Å². The summed E-state index contributed by atoms with van der Waals surface area (Å²) in [5.41, 5.74) is 0. The lowest BCUT2D eigenvalue weighted by Gasteiger charge is -2.28. The van der Waals surface area contributed by atoms with E-state index in [4.69, 9.17) is 0 Å². The lowest BCUT2D eigenvalue weighted by atomic mass is 9.92. The van der Waals surface area contributed by atoms with E-state index in [2.05, 4.69) is 5.32 Å². The summed E-state index contributed by atoms with van der Waals surface area (Å²) in [5, 5.41) is 13.1. The smallest absolute Gasteiger partial charge is 0.0695 e. The molecule has 12 heavy (non-hydrogen) atoms. The molecule has 3 heteroatoms. The highest BCUT2D eigenvalue weighted by Gasteiger charge is 2.21. The number of likely N-dealkylation sites (N-methyl/N-ethyl adjacent to an activating group) is 1. The summed E-state index contributed by atoms with van der Waals surface area (Å²) < 4.78 is 0. The second-order valence-corrected chi connectivity index (χ2v) is 3.92. The minimum absolute atomic E-state index is 0.137. The summed E-state index contributed by atoms with van der Waals surface area (Å²) in [6.45, 7) is 2.93. The third-order valence-corrected chi connectivity index (χ3v) is 2.48. The first-order chi connectivity index (χ1) is 5.70. The molecular weight excluding hydrogens is 152 g/mol. The molecule has 1 rings (SSSR count). The Kier molecular flexibility index (Phi) is 3.98. The maximum atomic E-state index is 9.77. The molecule has 0 saturated carbocycles. The Morgan fingerprint density at radius 2 is 2.00 bits per heavy atom. The quantitative estimate of drug-likeness (QED) is 0.624. The molecule has 1 atom stereocenters. The Morgan fingerprint density at radius 3 is 2.50 bits per heavy atom. The van der Waals surface area contributed by atoms with Crippen LogP contribution in [0.15, 0.2) is 0 Å². The van der Waals surface area contributed by atoms with Gasteiger partial charge in [0.1, 0.15) is 0 Å². The SMILES string of the molecule is CN(C)CC(O)C1CCNCC1. The topological polar surface area (TPSA) is 35.5 Å². The van der Waals surface area contributed by atoms with E-state index in [0.717, 1.165) is 32.5 Å². The zero-order chi connectivity index (χ0) is 8.97. The monoisotopic (exact) mass is 172 g/mol. The van der Waals surface area contributed by atoms with Gasteiger partial charge in [-0.25, -0.2) is 0 Å². The molecule has 1 aliphatic rings. The fourth-order valence-electron chi connectivity index (χ4n) is 1.75. The predicted molar refractivity (Wildman–Crippen MR) is 50.2 cm³/mol. The number of aliphatic hydroxyl groups is 1. The van der Waals surface area contributed by atoms with Crippen molar-refractivity contribution in [3.8, 4) is 0 Å². The van der Waals surface area contributed by atoms with Crippen LogP contribution in [0.5, 0.6) is 0 Å². The molecule has 0 bridgehead atoms. The van der Waals surface area contributed by atoms with Crippen LogP contribution >= 0.6 is 0 Å². The van der Waals surface area contributed by atoms with Crippen molar-refractivity contribution in [3.63, 3.8) is 0 Å². The van der Waals surface area contributed by atoms with Crippen LogP contribution < -0.4 is 5.32 Å². The van der Waals surface area contributed by atoms with E-state index in [-0.39, 0.29) is 6.10 Å². The zero-order valence-corrected chi connectivity index (χ0v) is 8.08. The summed E-state index contributed by atoms with van der Waals surface area (Å²) in [6, 6.07) is 0. The van der Waals surface area contributed by atoms with Crippen LogP contribution in [0.3, 0.4) is 0 Å². The van der Waals surface area contributed by atoms with Crippen molar-refractivity contribution in [2.75, 3.05) is 33.7 Å². The van der Waals surface area contributed by atoms with Crippen LogP contribution in [0.2, 0.25) is 0 Å². The molecule has 0 amide bonds. The van der Waals surface area contributed by atoms with E-state index in [9.17, 15) is 5.11 Å². The summed E-state index contributed by atoms with van der Waals surface area (Å²) >= 11 is 0. The largest absolute Gasteiger partial charge is 0.392 e. The molecule has 1 fully saturated rings. The average Bonchev–Trinajstić information content (AvgIpc) is 2.05. The fourth-order valence-corrected chi connectivity index (χ4v) is 1.75. The Morgan fingerprint density at radius 1 is 1.42 bits per heavy atom. The molecule has 0 aromatic rings. The summed E-state index contributed by atoms with van der Waals surface area (Å²) in [5.74, 6) is 0.508. The Labute approximate surface area is 74.8 Å². The number of aliphatic hydroxyl groups excluding tert-OH is 1. The average molecular weight is 172 g/mol. The molecule has 1 aliphatic heterocycles. The molecule has 1 heterocycles. The van der Waals surface area contributed by atoms with Gasteiger partial charge in [-0.1, -0.05) is 0 Å². The number of rotatable bonds is 3. The molecule has 0 aliphatic carbocycles. The standard InChI is InChI=1S/C9H20N2O/c1-11(2)7-9(12)8-3-5-10-6-4-8/h8-10,12H,3-7H2,1-2H3. The molecule has 1 unspecified atom stereocenters. The number of nitrogens with one attached hydrogen (secondary N) is 1. The molecule has 3 nitrogen and oxygen atoms in total. The Bertz CT molecular complexity index is 122. The summed E-state index contributed by atoms with van der Waals surface area (Å²) in [6.07, 6.45) is 2.10. The maximum absolute atomic E-state index is 9.77. The molecule has 0 aromatic heterocycles. The Hall–Kier alpha value is -0.120. The lowest BCUT2D eigenvalue weighted by molar-refractivity contribution is 0.0645. The van der Waals surface area contributed by atoms with Crippen molar-refractivity contribution >= 4 is 0 Å². The molecular formula is C9H20N2O. The lowest BCUT2D eigenvalue weighted by Crippen LogP contribution is -2.38. The summed E-state index contributed by atoms with van der Waals surface area (Å²) in [7, 11) is 4.01. The van der Waals surface area contributed by atoms with Crippen LogP contribution in [-0.4, -0.2) is 49.8 Å². The number of hydrogen-bond donors (Lipinski definition) is 2. The van der Waals surface area contributed by atoms with Gasteiger partial charge in [-0.3, -0.25) is 0 Å². The first kappa shape index (κ1) is 9.96. The van der Waals surface area contributed by atoms with Gasteiger partial charge in [-0.05, 0) is 45.9 Å². The van der Waals surface area contributed by atoms with Crippen LogP contribution in [-0.2, 0) is 0 Å². The molecule has 1 saturated heterocycles. The van der Waals surface area contributed by atoms with E-state index < -0.39 is 0 Å². The van der Waals surface area contributed by atoms with Gasteiger partial charge in [0.05, 0.1) is 6.10 Å². The predicted octanol–water partition coefficient (Wildman–Crippen LogP) is -0.0915. The van der Waals surface area contributed by atoms with Crippen LogP contribution in [0.4, 0.5) is 0 Å². The van der Waals surface area contributed by atoms with Crippen molar-refractivity contribution in [1.29, 1.82) is 0 Å². The zero-order valence-electron chi connectivity index (χ0n) is 8.08. The Balaban J connectivity index is 2.24. The molecule has 2 N–H and O–H groups in total. The second-order valence-electron chi connectivity index (χ2n) is 3.92. The van der Waals surface area contributed by atoms with E-state index in [1.165, 1.54) is 0 Å². The third kappa shape index (κ3) is 3.09. The highest BCUT2D eigenvalue weighted by atomic mass is 16.3. The van der Waals surface area contributed by atoms with Gasteiger partial charge in [-0.2, -0.15) is 0 Å². The minimum Gasteiger partial charge on any atom is -0.392 e.